The predicted molar refractivity (Wildman–Crippen MR) is 97.3 cm³/mol. The normalized spacial score (nSPS) is 11.5. The number of aryl methyl sites for hydroxylation is 1. The van der Waals surface area contributed by atoms with Gasteiger partial charge in [-0.15, -0.1) is 0 Å². The van der Waals surface area contributed by atoms with E-state index < -0.39 is 11.2 Å². The number of ketones is 1. The molecule has 0 atom stereocenters. The van der Waals surface area contributed by atoms with Gasteiger partial charge in [0.05, 0.1) is 12.2 Å². The third-order valence-corrected chi connectivity index (χ3v) is 4.51. The zero-order chi connectivity index (χ0) is 18.6. The van der Waals surface area contributed by atoms with Gasteiger partial charge in [-0.2, -0.15) is 4.98 Å². The number of nitrogens with zero attached hydrogens (tertiary/aromatic N) is 5. The van der Waals surface area contributed by atoms with Crippen LogP contribution in [0.25, 0.3) is 28.2 Å². The largest absolute Gasteiger partial charge is 0.332 e. The Kier molecular flexibility index (Phi) is 3.43. The number of rotatable bonds is 3. The second-order valence-corrected chi connectivity index (χ2v) is 6.33. The molecule has 0 spiro atoms. The molecule has 0 amide bonds. The lowest BCUT2D eigenvalue weighted by Crippen LogP contribution is -2.37. The predicted octanol–water partition coefficient (Wildman–Crippen LogP) is 0.942. The summed E-state index contributed by atoms with van der Waals surface area (Å²) >= 11 is 0. The molecule has 8 nitrogen and oxygen atoms in total. The van der Waals surface area contributed by atoms with Crippen LogP contribution in [0.5, 0.6) is 0 Å². The summed E-state index contributed by atoms with van der Waals surface area (Å²) in [7, 11) is 3.01. The first-order valence-corrected chi connectivity index (χ1v) is 8.12. The molecule has 1 aromatic carbocycles. The summed E-state index contributed by atoms with van der Waals surface area (Å²) in [5.74, 6) is 0.418. The highest BCUT2D eigenvalue weighted by Crippen LogP contribution is 2.25. The Morgan fingerprint density at radius 2 is 1.77 bits per heavy atom. The van der Waals surface area contributed by atoms with Gasteiger partial charge in [0.2, 0.25) is 5.78 Å². The van der Waals surface area contributed by atoms with E-state index >= 15 is 0 Å². The average Bonchev–Trinajstić information content (AvgIpc) is 3.16. The van der Waals surface area contributed by atoms with Gasteiger partial charge in [0, 0.05) is 20.3 Å². The second-order valence-electron chi connectivity index (χ2n) is 6.33. The van der Waals surface area contributed by atoms with Crippen LogP contribution in [0.15, 0.2) is 46.1 Å². The SMILES string of the molecule is CC(=O)Cn1c(-c2ccccc2)cn2c3c(=O)n(C)c(=O)n(C)c3nc12. The zero-order valence-corrected chi connectivity index (χ0v) is 14.6. The number of carbonyl (C=O) groups is 1. The molecule has 0 bridgehead atoms. The Labute approximate surface area is 147 Å². The minimum atomic E-state index is -0.440. The van der Waals surface area contributed by atoms with Gasteiger partial charge in [-0.3, -0.25) is 23.1 Å². The Morgan fingerprint density at radius 1 is 1.08 bits per heavy atom. The molecule has 0 unspecified atom stereocenters. The lowest BCUT2D eigenvalue weighted by atomic mass is 10.1. The number of aromatic nitrogens is 5. The number of benzene rings is 1. The molecule has 0 fully saturated rings. The van der Waals surface area contributed by atoms with Crippen molar-refractivity contribution < 1.29 is 4.79 Å². The van der Waals surface area contributed by atoms with Crippen molar-refractivity contribution >= 4 is 22.7 Å². The molecule has 0 N–H and O–H groups in total. The molecule has 3 heterocycles. The summed E-state index contributed by atoms with van der Waals surface area (Å²) in [6, 6.07) is 9.59. The van der Waals surface area contributed by atoms with Gasteiger partial charge in [-0.25, -0.2) is 4.79 Å². The molecule has 3 aromatic heterocycles. The zero-order valence-electron chi connectivity index (χ0n) is 14.6. The topological polar surface area (TPSA) is 83.3 Å². The summed E-state index contributed by atoms with van der Waals surface area (Å²) < 4.78 is 5.81. The highest BCUT2D eigenvalue weighted by Gasteiger charge is 2.21. The Morgan fingerprint density at radius 3 is 2.42 bits per heavy atom. The van der Waals surface area contributed by atoms with E-state index in [0.717, 1.165) is 15.8 Å². The van der Waals surface area contributed by atoms with E-state index in [1.807, 2.05) is 30.3 Å². The molecule has 0 saturated heterocycles. The van der Waals surface area contributed by atoms with Crippen LogP contribution in [0.4, 0.5) is 0 Å². The van der Waals surface area contributed by atoms with Crippen molar-refractivity contribution in [3.8, 4) is 11.3 Å². The summed E-state index contributed by atoms with van der Waals surface area (Å²) in [6.07, 6.45) is 1.79. The first-order chi connectivity index (χ1) is 12.4. The van der Waals surface area contributed by atoms with Gasteiger partial charge >= 0.3 is 5.69 Å². The van der Waals surface area contributed by atoms with Crippen molar-refractivity contribution in [3.63, 3.8) is 0 Å². The van der Waals surface area contributed by atoms with E-state index in [1.165, 1.54) is 18.5 Å². The van der Waals surface area contributed by atoms with Crippen LogP contribution < -0.4 is 11.2 Å². The Bertz CT molecular complexity index is 1290. The molecule has 0 aliphatic carbocycles. The Balaban J connectivity index is 2.17. The van der Waals surface area contributed by atoms with E-state index in [9.17, 15) is 14.4 Å². The molecule has 4 aromatic rings. The van der Waals surface area contributed by atoms with Crippen LogP contribution in [-0.4, -0.2) is 28.9 Å². The van der Waals surface area contributed by atoms with Crippen LogP contribution in [-0.2, 0) is 25.4 Å². The molecular formula is C18H17N5O3. The van der Waals surface area contributed by atoms with Crippen LogP contribution in [0.3, 0.4) is 0 Å². The van der Waals surface area contributed by atoms with Gasteiger partial charge in [0.25, 0.3) is 5.56 Å². The first-order valence-electron chi connectivity index (χ1n) is 8.12. The minimum Gasteiger partial charge on any atom is -0.302 e. The van der Waals surface area contributed by atoms with Crippen LogP contribution >= 0.6 is 0 Å². The van der Waals surface area contributed by atoms with E-state index in [1.54, 1.807) is 22.2 Å². The Hall–Kier alpha value is -3.42. The van der Waals surface area contributed by atoms with Crippen LogP contribution in [0.1, 0.15) is 6.92 Å². The van der Waals surface area contributed by atoms with E-state index in [0.29, 0.717) is 16.9 Å². The average molecular weight is 351 g/mol. The van der Waals surface area contributed by atoms with Crippen molar-refractivity contribution in [3.05, 3.63) is 57.4 Å². The number of hydrogen-bond acceptors (Lipinski definition) is 4. The van der Waals surface area contributed by atoms with Gasteiger partial charge in [0.1, 0.15) is 5.78 Å². The molecule has 0 aliphatic heterocycles. The van der Waals surface area contributed by atoms with Crippen molar-refractivity contribution in [2.24, 2.45) is 14.1 Å². The van der Waals surface area contributed by atoms with Crippen LogP contribution in [0.2, 0.25) is 0 Å². The fraction of sp³-hybridized carbons (Fsp3) is 0.222. The monoisotopic (exact) mass is 351 g/mol. The highest BCUT2D eigenvalue weighted by atomic mass is 16.2. The van der Waals surface area contributed by atoms with Gasteiger partial charge < -0.3 is 4.57 Å². The smallest absolute Gasteiger partial charge is 0.302 e. The number of carbonyl (C=O) groups excluding carboxylic acids is 1. The van der Waals surface area contributed by atoms with E-state index in [-0.39, 0.29) is 12.3 Å². The van der Waals surface area contributed by atoms with Crippen molar-refractivity contribution in [2.75, 3.05) is 0 Å². The van der Waals surface area contributed by atoms with E-state index in [4.69, 9.17) is 0 Å². The minimum absolute atomic E-state index is 0.0332. The summed E-state index contributed by atoms with van der Waals surface area (Å²) in [5.41, 5.74) is 1.43. The molecule has 8 heteroatoms. The third kappa shape index (κ3) is 2.15. The number of imidazole rings is 2. The lowest BCUT2D eigenvalue weighted by Gasteiger charge is -2.06. The summed E-state index contributed by atoms with van der Waals surface area (Å²) in [6.45, 7) is 1.63. The maximum atomic E-state index is 12.7. The number of Topliss-reactive ketones (excluding diaryl/α,β-unsaturated/α-hetero) is 1. The molecule has 0 radical (unpaired) electrons. The van der Waals surface area contributed by atoms with Crippen LogP contribution in [0, 0.1) is 0 Å². The quantitative estimate of drug-likeness (QED) is 0.550. The van der Waals surface area contributed by atoms with Crippen molar-refractivity contribution in [2.45, 2.75) is 13.5 Å². The number of fused-ring (bicyclic) bond motifs is 3. The first kappa shape index (κ1) is 16.1. The lowest BCUT2D eigenvalue weighted by molar-refractivity contribution is -0.117. The summed E-state index contributed by atoms with van der Waals surface area (Å²) in [5, 5.41) is 0. The van der Waals surface area contributed by atoms with Crippen molar-refractivity contribution in [1.82, 2.24) is 23.1 Å². The van der Waals surface area contributed by atoms with Crippen molar-refractivity contribution in [1.29, 1.82) is 0 Å². The summed E-state index contributed by atoms with van der Waals surface area (Å²) in [4.78, 5) is 41.2. The highest BCUT2D eigenvalue weighted by molar-refractivity contribution is 5.81. The van der Waals surface area contributed by atoms with E-state index in [2.05, 4.69) is 4.98 Å². The van der Waals surface area contributed by atoms with Gasteiger partial charge in [-0.05, 0) is 12.5 Å². The maximum Gasteiger partial charge on any atom is 0.332 e. The molecule has 0 saturated carbocycles. The molecule has 4 rings (SSSR count). The van der Waals surface area contributed by atoms with Gasteiger partial charge in [0.15, 0.2) is 11.2 Å². The number of hydrogen-bond donors (Lipinski definition) is 0. The molecule has 0 aliphatic rings. The fourth-order valence-electron chi connectivity index (χ4n) is 3.23. The molecular weight excluding hydrogens is 334 g/mol. The van der Waals surface area contributed by atoms with Gasteiger partial charge in [-0.1, -0.05) is 30.3 Å². The third-order valence-electron chi connectivity index (χ3n) is 4.51. The standard InChI is InChI=1S/C18H17N5O3/c1-11(24)9-22-13(12-7-5-4-6-8-12)10-23-14-15(19-17(22)23)20(2)18(26)21(3)16(14)25/h4-8,10H,9H2,1-3H3. The molecule has 132 valence electrons. The molecule has 26 heavy (non-hydrogen) atoms. The maximum absolute atomic E-state index is 12.7. The second kappa shape index (κ2) is 5.55. The fourth-order valence-corrected chi connectivity index (χ4v) is 3.23.